The molecule has 0 bridgehead atoms. The highest BCUT2D eigenvalue weighted by molar-refractivity contribution is 7.99. The Balaban J connectivity index is 3.16. The minimum Gasteiger partial charge on any atom is -0.379 e. The number of amides is 2. The van der Waals surface area contributed by atoms with Crippen molar-refractivity contribution >= 4 is 23.6 Å². The number of hydrogen-bond donors (Lipinski definition) is 2. The number of hydrogen-bond acceptors (Lipinski definition) is 7. The van der Waals surface area contributed by atoms with Gasteiger partial charge in [0, 0.05) is 32.2 Å². The summed E-state index contributed by atoms with van der Waals surface area (Å²) < 4.78 is 21.9. The average Bonchev–Trinajstić information content (AvgIpc) is 2.78. The molecule has 0 rings (SSSR count). The summed E-state index contributed by atoms with van der Waals surface area (Å²) in [5.74, 6) is 0.107. The predicted octanol–water partition coefficient (Wildman–Crippen LogP) is 2.99. The third-order valence-electron chi connectivity index (χ3n) is 4.60. The van der Waals surface area contributed by atoms with E-state index in [1.54, 1.807) is 11.8 Å². The Morgan fingerprint density at radius 2 is 1.22 bits per heavy atom. The molecule has 9 heteroatoms. The quantitative estimate of drug-likeness (QED) is 0.172. The van der Waals surface area contributed by atoms with Gasteiger partial charge in [-0.3, -0.25) is 9.59 Å². The summed E-state index contributed by atoms with van der Waals surface area (Å²) in [4.78, 5) is 23.0. The van der Waals surface area contributed by atoms with E-state index in [0.29, 0.717) is 39.6 Å². The van der Waals surface area contributed by atoms with Crippen LogP contribution in [0.4, 0.5) is 0 Å². The van der Waals surface area contributed by atoms with Gasteiger partial charge in [0.25, 0.3) is 0 Å². The summed E-state index contributed by atoms with van der Waals surface area (Å²) >= 11 is 1.58. The summed E-state index contributed by atoms with van der Waals surface area (Å²) in [7, 11) is 0. The normalized spacial score (nSPS) is 12.2. The molecule has 32 heavy (non-hydrogen) atoms. The summed E-state index contributed by atoms with van der Waals surface area (Å²) in [5.41, 5.74) is 0.0429. The molecule has 0 spiro atoms. The van der Waals surface area contributed by atoms with Crippen molar-refractivity contribution in [1.29, 1.82) is 0 Å². The zero-order chi connectivity index (χ0) is 23.9. The molecule has 1 unspecified atom stereocenters. The van der Waals surface area contributed by atoms with Gasteiger partial charge >= 0.3 is 0 Å². The van der Waals surface area contributed by atoms with Gasteiger partial charge in [0.1, 0.15) is 12.0 Å². The molecule has 0 aliphatic heterocycles. The highest BCUT2D eigenvalue weighted by Crippen LogP contribution is 2.05. The van der Waals surface area contributed by atoms with Crippen LogP contribution in [-0.4, -0.2) is 82.8 Å². The van der Waals surface area contributed by atoms with E-state index in [2.05, 4.69) is 10.6 Å². The van der Waals surface area contributed by atoms with Crippen LogP contribution in [-0.2, 0) is 28.5 Å². The maximum Gasteiger partial charge on any atom is 0.246 e. The van der Waals surface area contributed by atoms with Crippen LogP contribution in [0, 0.1) is 5.92 Å². The molecule has 0 aliphatic carbocycles. The predicted molar refractivity (Wildman–Crippen MR) is 130 cm³/mol. The zero-order valence-corrected chi connectivity index (χ0v) is 21.4. The summed E-state index contributed by atoms with van der Waals surface area (Å²) in [6.45, 7) is 11.0. The number of carbonyl (C=O) groups is 2. The Morgan fingerprint density at radius 1 is 0.719 bits per heavy atom. The Morgan fingerprint density at radius 3 is 1.72 bits per heavy atom. The van der Waals surface area contributed by atoms with E-state index in [4.69, 9.17) is 18.9 Å². The Kier molecular flexibility index (Phi) is 22.7. The molecule has 0 saturated carbocycles. The lowest BCUT2D eigenvalue weighted by Crippen LogP contribution is -2.29. The van der Waals surface area contributed by atoms with E-state index < -0.39 is 0 Å². The molecular weight excluding hydrogens is 432 g/mol. The second-order valence-corrected chi connectivity index (χ2v) is 9.00. The van der Waals surface area contributed by atoms with Crippen LogP contribution in [0.3, 0.4) is 0 Å². The average molecular weight is 479 g/mol. The minimum atomic E-state index is -0.0598. The maximum atomic E-state index is 11.6. The van der Waals surface area contributed by atoms with E-state index in [-0.39, 0.29) is 29.8 Å². The van der Waals surface area contributed by atoms with E-state index in [9.17, 15) is 9.59 Å². The molecule has 0 saturated heterocycles. The molecule has 0 radical (unpaired) electrons. The van der Waals surface area contributed by atoms with Gasteiger partial charge in [-0.05, 0) is 51.7 Å². The first-order valence-electron chi connectivity index (χ1n) is 11.9. The Labute approximate surface area is 199 Å². The van der Waals surface area contributed by atoms with Gasteiger partial charge in [0.05, 0.1) is 26.4 Å². The summed E-state index contributed by atoms with van der Waals surface area (Å²) in [6.07, 6.45) is 7.90. The molecule has 0 fully saturated rings. The van der Waals surface area contributed by atoms with Crippen LogP contribution in [0.2, 0.25) is 0 Å². The minimum absolute atomic E-state index is 0.0429. The molecule has 0 heterocycles. The highest BCUT2D eigenvalue weighted by atomic mass is 32.2. The smallest absolute Gasteiger partial charge is 0.246 e. The fraction of sp³-hybridized carbons (Fsp3) is 0.913. The highest BCUT2D eigenvalue weighted by Gasteiger charge is 2.05. The molecule has 8 nitrogen and oxygen atoms in total. The first-order chi connectivity index (χ1) is 15.5. The Bertz CT molecular complexity index is 454. The van der Waals surface area contributed by atoms with E-state index in [0.717, 1.165) is 51.7 Å². The maximum absolute atomic E-state index is 11.6. The summed E-state index contributed by atoms with van der Waals surface area (Å²) in [6, 6.07) is 0. The SMILES string of the molecule is CSC(C)OCC(=O)NCCCCCOCCOCCOCCCCCNC(=O)C(C)C. The summed E-state index contributed by atoms with van der Waals surface area (Å²) in [5, 5.41) is 5.78. The third-order valence-corrected chi connectivity index (χ3v) is 5.40. The molecule has 0 aromatic rings. The van der Waals surface area contributed by atoms with Crippen molar-refractivity contribution in [3.63, 3.8) is 0 Å². The van der Waals surface area contributed by atoms with Gasteiger partial charge in [0.15, 0.2) is 0 Å². The first kappa shape index (κ1) is 31.1. The van der Waals surface area contributed by atoms with Crippen molar-refractivity contribution < 1.29 is 28.5 Å². The second kappa shape index (κ2) is 23.3. The van der Waals surface area contributed by atoms with Crippen molar-refractivity contribution in [2.75, 3.05) is 65.6 Å². The van der Waals surface area contributed by atoms with Gasteiger partial charge in [-0.15, -0.1) is 11.8 Å². The number of ether oxygens (including phenoxy) is 4. The first-order valence-corrected chi connectivity index (χ1v) is 13.2. The van der Waals surface area contributed by atoms with Crippen molar-refractivity contribution in [3.8, 4) is 0 Å². The molecule has 190 valence electrons. The lowest BCUT2D eigenvalue weighted by atomic mass is 10.2. The van der Waals surface area contributed by atoms with Gasteiger partial charge in [-0.1, -0.05) is 13.8 Å². The molecule has 2 amide bonds. The fourth-order valence-electron chi connectivity index (χ4n) is 2.51. The molecule has 1 atom stereocenters. The number of unbranched alkanes of at least 4 members (excludes halogenated alkanes) is 4. The van der Waals surface area contributed by atoms with Crippen LogP contribution in [0.15, 0.2) is 0 Å². The third kappa shape index (κ3) is 22.3. The number of nitrogens with one attached hydrogen (secondary N) is 2. The van der Waals surface area contributed by atoms with Crippen LogP contribution >= 0.6 is 11.8 Å². The zero-order valence-electron chi connectivity index (χ0n) is 20.6. The van der Waals surface area contributed by atoms with Crippen LogP contribution in [0.5, 0.6) is 0 Å². The topological polar surface area (TPSA) is 95.1 Å². The molecule has 2 N–H and O–H groups in total. The number of carbonyl (C=O) groups excluding carboxylic acids is 2. The lowest BCUT2D eigenvalue weighted by Gasteiger charge is -2.10. The fourth-order valence-corrected chi connectivity index (χ4v) is 2.71. The van der Waals surface area contributed by atoms with Crippen LogP contribution in [0.1, 0.15) is 59.3 Å². The molecule has 0 aromatic carbocycles. The van der Waals surface area contributed by atoms with E-state index in [1.807, 2.05) is 27.0 Å². The number of thioether (sulfide) groups is 1. The molecule has 0 aliphatic rings. The van der Waals surface area contributed by atoms with E-state index >= 15 is 0 Å². The molecule has 0 aromatic heterocycles. The monoisotopic (exact) mass is 478 g/mol. The van der Waals surface area contributed by atoms with Crippen molar-refractivity contribution in [1.82, 2.24) is 10.6 Å². The van der Waals surface area contributed by atoms with Gasteiger partial charge in [-0.25, -0.2) is 0 Å². The molecular formula is C23H46N2O6S. The van der Waals surface area contributed by atoms with Crippen LogP contribution < -0.4 is 10.6 Å². The largest absolute Gasteiger partial charge is 0.379 e. The second-order valence-electron chi connectivity index (χ2n) is 7.87. The van der Waals surface area contributed by atoms with Gasteiger partial charge in [0.2, 0.25) is 11.8 Å². The number of rotatable bonds is 23. The van der Waals surface area contributed by atoms with Crippen molar-refractivity contribution in [3.05, 3.63) is 0 Å². The van der Waals surface area contributed by atoms with Crippen molar-refractivity contribution in [2.45, 2.75) is 64.7 Å². The standard InChI is InChI=1S/C23H46N2O6S/c1-20(2)23(27)25-12-8-6-10-14-29-16-18-30-17-15-28-13-9-5-7-11-24-22(26)19-31-21(3)32-4/h20-21H,5-19H2,1-4H3,(H,24,26)(H,25,27). The van der Waals surface area contributed by atoms with Crippen LogP contribution in [0.25, 0.3) is 0 Å². The van der Waals surface area contributed by atoms with Crippen molar-refractivity contribution in [2.24, 2.45) is 5.92 Å². The Hall–Kier alpha value is -0.870. The lowest BCUT2D eigenvalue weighted by molar-refractivity contribution is -0.126. The van der Waals surface area contributed by atoms with Gasteiger partial charge in [-0.2, -0.15) is 0 Å². The van der Waals surface area contributed by atoms with E-state index in [1.165, 1.54) is 0 Å². The van der Waals surface area contributed by atoms with Gasteiger partial charge < -0.3 is 29.6 Å².